The fourth-order valence-electron chi connectivity index (χ4n) is 2.12. The predicted octanol–water partition coefficient (Wildman–Crippen LogP) is 3.55. The first-order valence-electron chi connectivity index (χ1n) is 6.33. The molecule has 1 fully saturated rings. The molecule has 0 radical (unpaired) electrons. The van der Waals surface area contributed by atoms with Crippen molar-refractivity contribution in [1.82, 2.24) is 0 Å². The molecule has 1 N–H and O–H groups in total. The van der Waals surface area contributed by atoms with Gasteiger partial charge in [-0.3, -0.25) is 4.79 Å². The molecule has 1 amide bonds. The van der Waals surface area contributed by atoms with Gasteiger partial charge >= 0.3 is 0 Å². The van der Waals surface area contributed by atoms with Gasteiger partial charge in [-0.1, -0.05) is 17.7 Å². The van der Waals surface area contributed by atoms with Gasteiger partial charge < -0.3 is 10.1 Å². The van der Waals surface area contributed by atoms with Crippen molar-refractivity contribution in [2.75, 3.05) is 11.9 Å². The number of hydrogen-bond acceptors (Lipinski definition) is 2. The molecule has 1 heterocycles. The molecule has 0 bridgehead atoms. The van der Waals surface area contributed by atoms with Crippen LogP contribution in [-0.2, 0) is 9.53 Å². The summed E-state index contributed by atoms with van der Waals surface area (Å²) in [6, 6.07) is 5.51. The quantitative estimate of drug-likeness (QED) is 0.910. The first-order chi connectivity index (χ1) is 8.66. The zero-order chi connectivity index (χ0) is 13.0. The van der Waals surface area contributed by atoms with E-state index >= 15 is 0 Å². The first kappa shape index (κ1) is 13.4. The number of halogens is 1. The molecule has 1 aliphatic rings. The first-order valence-corrected chi connectivity index (χ1v) is 6.71. The van der Waals surface area contributed by atoms with Crippen LogP contribution in [0.3, 0.4) is 0 Å². The summed E-state index contributed by atoms with van der Waals surface area (Å²) in [7, 11) is 0. The van der Waals surface area contributed by atoms with Crippen molar-refractivity contribution in [2.24, 2.45) is 0 Å². The standard InChI is InChI=1S/C14H18ClNO2/c1-10-12(15)6-4-7-13(10)16-14(17)9-11-5-2-3-8-18-11/h4,6-7,11H,2-3,5,8-9H2,1H3,(H,16,17). The highest BCUT2D eigenvalue weighted by Gasteiger charge is 2.18. The van der Waals surface area contributed by atoms with Gasteiger partial charge in [-0.05, 0) is 43.9 Å². The Morgan fingerprint density at radius 3 is 3.06 bits per heavy atom. The maximum atomic E-state index is 11.9. The lowest BCUT2D eigenvalue weighted by atomic mass is 10.1. The van der Waals surface area contributed by atoms with Crippen molar-refractivity contribution < 1.29 is 9.53 Å². The summed E-state index contributed by atoms with van der Waals surface area (Å²) >= 11 is 6.01. The second-order valence-corrected chi connectivity index (χ2v) is 5.06. The molecule has 1 unspecified atom stereocenters. The smallest absolute Gasteiger partial charge is 0.226 e. The highest BCUT2D eigenvalue weighted by Crippen LogP contribution is 2.23. The number of hydrogen-bond donors (Lipinski definition) is 1. The van der Waals surface area contributed by atoms with Gasteiger partial charge in [0.2, 0.25) is 5.91 Å². The fraction of sp³-hybridized carbons (Fsp3) is 0.500. The van der Waals surface area contributed by atoms with Gasteiger partial charge in [0.05, 0.1) is 12.5 Å². The van der Waals surface area contributed by atoms with E-state index in [1.165, 1.54) is 0 Å². The van der Waals surface area contributed by atoms with Crippen LogP contribution in [0.5, 0.6) is 0 Å². The molecule has 1 atom stereocenters. The number of rotatable bonds is 3. The average Bonchev–Trinajstić information content (AvgIpc) is 2.36. The molecule has 1 saturated heterocycles. The van der Waals surface area contributed by atoms with Crippen molar-refractivity contribution in [1.29, 1.82) is 0 Å². The molecular weight excluding hydrogens is 250 g/mol. The normalized spacial score (nSPS) is 19.6. The van der Waals surface area contributed by atoms with Crippen LogP contribution >= 0.6 is 11.6 Å². The molecule has 0 saturated carbocycles. The SMILES string of the molecule is Cc1c(Cl)cccc1NC(=O)CC1CCCCO1. The van der Waals surface area contributed by atoms with E-state index in [0.717, 1.165) is 37.1 Å². The molecule has 1 aromatic carbocycles. The molecule has 1 aliphatic heterocycles. The minimum Gasteiger partial charge on any atom is -0.378 e. The Kier molecular flexibility index (Phi) is 4.61. The van der Waals surface area contributed by atoms with Crippen LogP contribution < -0.4 is 5.32 Å². The Labute approximate surface area is 112 Å². The monoisotopic (exact) mass is 267 g/mol. The van der Waals surface area contributed by atoms with Gasteiger partial charge in [0.15, 0.2) is 0 Å². The van der Waals surface area contributed by atoms with Gasteiger partial charge in [0.1, 0.15) is 0 Å². The summed E-state index contributed by atoms with van der Waals surface area (Å²) in [5.41, 5.74) is 1.68. The summed E-state index contributed by atoms with van der Waals surface area (Å²) in [6.07, 6.45) is 3.71. The number of nitrogens with one attached hydrogen (secondary N) is 1. The Morgan fingerprint density at radius 1 is 1.50 bits per heavy atom. The van der Waals surface area contributed by atoms with Crippen molar-refractivity contribution in [3.63, 3.8) is 0 Å². The van der Waals surface area contributed by atoms with Crippen molar-refractivity contribution >= 4 is 23.2 Å². The third-order valence-electron chi connectivity index (χ3n) is 3.23. The lowest BCUT2D eigenvalue weighted by molar-refractivity contribution is -0.119. The molecule has 0 aliphatic carbocycles. The summed E-state index contributed by atoms with van der Waals surface area (Å²) in [6.45, 7) is 2.67. The maximum absolute atomic E-state index is 11.9. The summed E-state index contributed by atoms with van der Waals surface area (Å²) in [5, 5.41) is 3.56. The Balaban J connectivity index is 1.92. The van der Waals surface area contributed by atoms with E-state index in [4.69, 9.17) is 16.3 Å². The summed E-state index contributed by atoms with van der Waals surface area (Å²) in [5.74, 6) is -0.00716. The highest BCUT2D eigenvalue weighted by atomic mass is 35.5. The van der Waals surface area contributed by atoms with Crippen LogP contribution in [0, 0.1) is 6.92 Å². The number of amides is 1. The van der Waals surface area contributed by atoms with Gasteiger partial charge in [-0.2, -0.15) is 0 Å². The van der Waals surface area contributed by atoms with Gasteiger partial charge in [0, 0.05) is 17.3 Å². The van der Waals surface area contributed by atoms with Gasteiger partial charge in [0.25, 0.3) is 0 Å². The van der Waals surface area contributed by atoms with Crippen LogP contribution in [0.25, 0.3) is 0 Å². The number of ether oxygens (including phenoxy) is 1. The van der Waals surface area contributed by atoms with Crippen LogP contribution in [0.1, 0.15) is 31.2 Å². The third kappa shape index (κ3) is 3.47. The van der Waals surface area contributed by atoms with E-state index in [1.807, 2.05) is 25.1 Å². The second kappa shape index (κ2) is 6.21. The van der Waals surface area contributed by atoms with Crippen molar-refractivity contribution in [3.05, 3.63) is 28.8 Å². The molecule has 98 valence electrons. The average molecular weight is 268 g/mol. The van der Waals surface area contributed by atoms with E-state index < -0.39 is 0 Å². The predicted molar refractivity (Wildman–Crippen MR) is 73.0 cm³/mol. The molecule has 18 heavy (non-hydrogen) atoms. The van der Waals surface area contributed by atoms with Crippen LogP contribution in [0.15, 0.2) is 18.2 Å². The van der Waals surface area contributed by atoms with Crippen LogP contribution in [-0.4, -0.2) is 18.6 Å². The number of carbonyl (C=O) groups excluding carboxylic acids is 1. The molecule has 3 nitrogen and oxygen atoms in total. The number of anilines is 1. The minimum absolute atomic E-state index is 0.00716. The van der Waals surface area contributed by atoms with E-state index in [-0.39, 0.29) is 12.0 Å². The third-order valence-corrected chi connectivity index (χ3v) is 3.64. The van der Waals surface area contributed by atoms with Gasteiger partial charge in [-0.15, -0.1) is 0 Å². The Morgan fingerprint density at radius 2 is 2.33 bits per heavy atom. The number of carbonyl (C=O) groups is 1. The van der Waals surface area contributed by atoms with E-state index in [2.05, 4.69) is 5.32 Å². The van der Waals surface area contributed by atoms with Crippen molar-refractivity contribution in [2.45, 2.75) is 38.7 Å². The molecule has 0 spiro atoms. The second-order valence-electron chi connectivity index (χ2n) is 4.65. The van der Waals surface area contributed by atoms with Gasteiger partial charge in [-0.25, -0.2) is 0 Å². The summed E-state index contributed by atoms with van der Waals surface area (Å²) < 4.78 is 5.55. The van der Waals surface area contributed by atoms with Crippen LogP contribution in [0.2, 0.25) is 5.02 Å². The Hall–Kier alpha value is -1.06. The van der Waals surface area contributed by atoms with E-state index in [9.17, 15) is 4.79 Å². The Bertz CT molecular complexity index is 428. The van der Waals surface area contributed by atoms with E-state index in [0.29, 0.717) is 11.4 Å². The minimum atomic E-state index is -0.00716. The maximum Gasteiger partial charge on any atom is 0.226 e. The highest BCUT2D eigenvalue weighted by molar-refractivity contribution is 6.31. The topological polar surface area (TPSA) is 38.3 Å². The largest absolute Gasteiger partial charge is 0.378 e. The molecule has 0 aromatic heterocycles. The lowest BCUT2D eigenvalue weighted by Gasteiger charge is -2.22. The summed E-state index contributed by atoms with van der Waals surface area (Å²) in [4.78, 5) is 11.9. The van der Waals surface area contributed by atoms with Crippen LogP contribution in [0.4, 0.5) is 5.69 Å². The number of benzene rings is 1. The molecule has 1 aromatic rings. The zero-order valence-electron chi connectivity index (χ0n) is 10.5. The molecular formula is C14H18ClNO2. The lowest BCUT2D eigenvalue weighted by Crippen LogP contribution is -2.25. The molecule has 4 heteroatoms. The molecule has 2 rings (SSSR count). The fourth-order valence-corrected chi connectivity index (χ4v) is 2.29. The van der Waals surface area contributed by atoms with E-state index in [1.54, 1.807) is 0 Å². The van der Waals surface area contributed by atoms with Crippen molar-refractivity contribution in [3.8, 4) is 0 Å². The zero-order valence-corrected chi connectivity index (χ0v) is 11.3.